The summed E-state index contributed by atoms with van der Waals surface area (Å²) in [6.45, 7) is 6.80. The minimum Gasteiger partial charge on any atom is -0.341 e. The Morgan fingerprint density at radius 1 is 1.40 bits per heavy atom. The van der Waals surface area contributed by atoms with Crippen LogP contribution in [0.25, 0.3) is 0 Å². The monoisotopic (exact) mass is 279 g/mol. The van der Waals surface area contributed by atoms with Gasteiger partial charge in [-0.2, -0.15) is 5.10 Å². The average Bonchev–Trinajstić information content (AvgIpc) is 3.04. The number of carbonyl (C=O) groups excluding carboxylic acids is 1. The summed E-state index contributed by atoms with van der Waals surface area (Å²) >= 11 is 0. The first-order valence-electron chi connectivity index (χ1n) is 7.25. The molecule has 0 aliphatic carbocycles. The molecule has 1 aliphatic rings. The second-order valence-electron chi connectivity index (χ2n) is 6.15. The molecule has 6 heteroatoms. The third-order valence-corrected chi connectivity index (χ3v) is 4.23. The van der Waals surface area contributed by atoms with Gasteiger partial charge in [-0.3, -0.25) is 9.48 Å². The molecule has 2 atom stereocenters. The molecule has 1 fully saturated rings. The maximum atomic E-state index is 12.3. The number of likely N-dealkylation sites (tertiary alicyclic amines) is 1. The van der Waals surface area contributed by atoms with Crippen molar-refractivity contribution < 1.29 is 4.79 Å². The summed E-state index contributed by atoms with van der Waals surface area (Å²) in [5.41, 5.74) is 0. The van der Waals surface area contributed by atoms with E-state index in [2.05, 4.69) is 42.9 Å². The molecule has 1 saturated heterocycles. The van der Waals surface area contributed by atoms with E-state index in [0.717, 1.165) is 13.1 Å². The fourth-order valence-electron chi connectivity index (χ4n) is 2.93. The van der Waals surface area contributed by atoms with Crippen LogP contribution in [0.4, 0.5) is 0 Å². The zero-order chi connectivity index (χ0) is 14.7. The predicted molar refractivity (Wildman–Crippen MR) is 77.0 cm³/mol. The van der Waals surface area contributed by atoms with E-state index in [1.165, 1.54) is 6.33 Å². The van der Waals surface area contributed by atoms with E-state index in [4.69, 9.17) is 0 Å². The number of aromatic nitrogens is 3. The first-order chi connectivity index (χ1) is 9.49. The summed E-state index contributed by atoms with van der Waals surface area (Å²) in [5.74, 6) is 1.37. The third kappa shape index (κ3) is 3.36. The van der Waals surface area contributed by atoms with E-state index in [0.29, 0.717) is 30.8 Å². The summed E-state index contributed by atoms with van der Waals surface area (Å²) in [4.78, 5) is 20.5. The van der Waals surface area contributed by atoms with Gasteiger partial charge in [0.1, 0.15) is 12.7 Å². The second-order valence-corrected chi connectivity index (χ2v) is 6.15. The molecule has 1 aliphatic heterocycles. The standard InChI is InChI=1S/C14H25N5O/c1-11(2)12-7-18(8-13(12)17(3)4)14(20)5-6-19-10-15-9-16-19/h9-13H,5-8H2,1-4H3. The highest BCUT2D eigenvalue weighted by Crippen LogP contribution is 2.27. The van der Waals surface area contributed by atoms with E-state index < -0.39 is 0 Å². The quantitative estimate of drug-likeness (QED) is 0.796. The number of hydrogen-bond acceptors (Lipinski definition) is 4. The Kier molecular flexibility index (Phi) is 4.75. The van der Waals surface area contributed by atoms with Crippen LogP contribution in [0.2, 0.25) is 0 Å². The van der Waals surface area contributed by atoms with Gasteiger partial charge in [-0.25, -0.2) is 4.98 Å². The lowest BCUT2D eigenvalue weighted by molar-refractivity contribution is -0.130. The van der Waals surface area contributed by atoms with Gasteiger partial charge >= 0.3 is 0 Å². The molecule has 1 amide bonds. The lowest BCUT2D eigenvalue weighted by Crippen LogP contribution is -2.37. The van der Waals surface area contributed by atoms with Crippen molar-refractivity contribution in [3.05, 3.63) is 12.7 Å². The summed E-state index contributed by atoms with van der Waals surface area (Å²) in [6.07, 6.45) is 3.64. The summed E-state index contributed by atoms with van der Waals surface area (Å²) < 4.78 is 1.71. The van der Waals surface area contributed by atoms with Crippen LogP contribution >= 0.6 is 0 Å². The lowest BCUT2D eigenvalue weighted by Gasteiger charge is -2.27. The van der Waals surface area contributed by atoms with Crippen molar-refractivity contribution in [3.63, 3.8) is 0 Å². The Hall–Kier alpha value is -1.43. The van der Waals surface area contributed by atoms with Gasteiger partial charge in [-0.05, 0) is 25.9 Å². The van der Waals surface area contributed by atoms with Crippen LogP contribution in [-0.4, -0.2) is 63.7 Å². The van der Waals surface area contributed by atoms with Gasteiger partial charge in [-0.1, -0.05) is 13.8 Å². The molecule has 2 rings (SSSR count). The highest BCUT2D eigenvalue weighted by atomic mass is 16.2. The number of aryl methyl sites for hydroxylation is 1. The van der Waals surface area contributed by atoms with Gasteiger partial charge in [0, 0.05) is 25.6 Å². The topological polar surface area (TPSA) is 54.3 Å². The first-order valence-corrected chi connectivity index (χ1v) is 7.25. The molecule has 6 nitrogen and oxygen atoms in total. The average molecular weight is 279 g/mol. The van der Waals surface area contributed by atoms with Crippen LogP contribution in [0.5, 0.6) is 0 Å². The Balaban J connectivity index is 1.91. The first kappa shape index (κ1) is 15.0. The van der Waals surface area contributed by atoms with E-state index in [1.54, 1.807) is 11.0 Å². The molecular weight excluding hydrogens is 254 g/mol. The number of rotatable bonds is 5. The Labute approximate surface area is 120 Å². The summed E-state index contributed by atoms with van der Waals surface area (Å²) in [6, 6.07) is 0.463. The smallest absolute Gasteiger partial charge is 0.224 e. The van der Waals surface area contributed by atoms with Crippen LogP contribution < -0.4 is 0 Å². The molecule has 0 radical (unpaired) electrons. The molecule has 20 heavy (non-hydrogen) atoms. The molecule has 2 unspecified atom stereocenters. The van der Waals surface area contributed by atoms with Crippen LogP contribution in [0.3, 0.4) is 0 Å². The maximum absolute atomic E-state index is 12.3. The van der Waals surface area contributed by atoms with E-state index in [1.807, 2.05) is 4.90 Å². The van der Waals surface area contributed by atoms with Crippen LogP contribution in [0.15, 0.2) is 12.7 Å². The van der Waals surface area contributed by atoms with E-state index in [-0.39, 0.29) is 5.91 Å². The Morgan fingerprint density at radius 2 is 2.15 bits per heavy atom. The fraction of sp³-hybridized carbons (Fsp3) is 0.786. The summed E-state index contributed by atoms with van der Waals surface area (Å²) in [5, 5.41) is 4.03. The molecule has 2 heterocycles. The predicted octanol–water partition coefficient (Wildman–Crippen LogP) is 0.713. The van der Waals surface area contributed by atoms with Crippen LogP contribution in [-0.2, 0) is 11.3 Å². The van der Waals surface area contributed by atoms with Crippen molar-refractivity contribution in [2.45, 2.75) is 32.9 Å². The normalized spacial score (nSPS) is 23.0. The second kappa shape index (κ2) is 6.35. The molecule has 0 aromatic carbocycles. The molecular formula is C14H25N5O. The third-order valence-electron chi connectivity index (χ3n) is 4.23. The number of nitrogens with zero attached hydrogens (tertiary/aromatic N) is 5. The van der Waals surface area contributed by atoms with Gasteiger partial charge < -0.3 is 9.80 Å². The van der Waals surface area contributed by atoms with Crippen molar-refractivity contribution in [1.29, 1.82) is 0 Å². The van der Waals surface area contributed by atoms with Crippen LogP contribution in [0, 0.1) is 11.8 Å². The Morgan fingerprint density at radius 3 is 2.65 bits per heavy atom. The van der Waals surface area contributed by atoms with Crippen molar-refractivity contribution >= 4 is 5.91 Å². The maximum Gasteiger partial charge on any atom is 0.224 e. The molecule has 1 aromatic rings. The Bertz CT molecular complexity index is 413. The minimum absolute atomic E-state index is 0.218. The van der Waals surface area contributed by atoms with Crippen molar-refractivity contribution in [2.75, 3.05) is 27.2 Å². The van der Waals surface area contributed by atoms with Crippen molar-refractivity contribution in [2.24, 2.45) is 11.8 Å². The minimum atomic E-state index is 0.218. The molecule has 0 spiro atoms. The highest BCUT2D eigenvalue weighted by Gasteiger charge is 2.37. The van der Waals surface area contributed by atoms with E-state index >= 15 is 0 Å². The number of carbonyl (C=O) groups is 1. The molecule has 1 aromatic heterocycles. The van der Waals surface area contributed by atoms with Gasteiger partial charge in [0.25, 0.3) is 0 Å². The fourth-order valence-corrected chi connectivity index (χ4v) is 2.93. The van der Waals surface area contributed by atoms with E-state index in [9.17, 15) is 4.79 Å². The lowest BCUT2D eigenvalue weighted by atomic mass is 9.91. The van der Waals surface area contributed by atoms with Gasteiger partial charge in [-0.15, -0.1) is 0 Å². The largest absolute Gasteiger partial charge is 0.341 e. The molecule has 0 N–H and O–H groups in total. The number of likely N-dealkylation sites (N-methyl/N-ethyl adjacent to an activating group) is 1. The highest BCUT2D eigenvalue weighted by molar-refractivity contribution is 5.76. The van der Waals surface area contributed by atoms with Gasteiger partial charge in [0.15, 0.2) is 0 Å². The van der Waals surface area contributed by atoms with Crippen LogP contribution in [0.1, 0.15) is 20.3 Å². The SMILES string of the molecule is CC(C)C1CN(C(=O)CCn2cncn2)CC1N(C)C. The van der Waals surface area contributed by atoms with Crippen molar-refractivity contribution in [3.8, 4) is 0 Å². The van der Waals surface area contributed by atoms with Gasteiger partial charge in [0.05, 0.1) is 6.54 Å². The molecule has 112 valence electrons. The number of hydrogen-bond donors (Lipinski definition) is 0. The van der Waals surface area contributed by atoms with Crippen molar-refractivity contribution in [1.82, 2.24) is 24.6 Å². The summed E-state index contributed by atoms with van der Waals surface area (Å²) in [7, 11) is 4.20. The molecule has 0 saturated carbocycles. The number of amides is 1. The van der Waals surface area contributed by atoms with Gasteiger partial charge in [0.2, 0.25) is 5.91 Å². The zero-order valence-electron chi connectivity index (χ0n) is 12.9. The zero-order valence-corrected chi connectivity index (χ0v) is 12.9. The molecule has 0 bridgehead atoms.